The number of hydrogen-bond donors (Lipinski definition) is 2. The van der Waals surface area contributed by atoms with E-state index in [1.165, 1.54) is 0 Å². The predicted octanol–water partition coefficient (Wildman–Crippen LogP) is 3.56. The molecule has 0 aliphatic heterocycles. The number of guanidine groups is 1. The summed E-state index contributed by atoms with van der Waals surface area (Å²) in [4.78, 5) is 4.93. The van der Waals surface area contributed by atoms with Gasteiger partial charge in [0.25, 0.3) is 0 Å². The second-order valence-corrected chi connectivity index (χ2v) is 9.17. The molecule has 9 heteroatoms. The quantitative estimate of drug-likeness (QED) is 0.174. The van der Waals surface area contributed by atoms with Gasteiger partial charge in [-0.3, -0.25) is 0 Å². The number of aliphatic imine (C=N–C) groups is 1. The number of sulfone groups is 1. The third-order valence-electron chi connectivity index (χ3n) is 4.49. The molecular formula is C23H34IN3O4S. The van der Waals surface area contributed by atoms with Crippen LogP contribution in [0.25, 0.3) is 0 Å². The summed E-state index contributed by atoms with van der Waals surface area (Å²) in [5, 5.41) is 6.27. The molecule has 0 bridgehead atoms. The van der Waals surface area contributed by atoms with Gasteiger partial charge >= 0.3 is 0 Å². The summed E-state index contributed by atoms with van der Waals surface area (Å²) in [5.41, 5.74) is 2.09. The number of methoxy groups -OCH3 is 1. The first-order chi connectivity index (χ1) is 15.0. The average molecular weight is 576 g/mol. The highest BCUT2D eigenvalue weighted by Crippen LogP contribution is 2.21. The van der Waals surface area contributed by atoms with Crippen molar-refractivity contribution in [3.63, 3.8) is 0 Å². The highest BCUT2D eigenvalue weighted by molar-refractivity contribution is 14.0. The molecular weight excluding hydrogens is 541 g/mol. The zero-order chi connectivity index (χ0) is 22.5. The Hall–Kier alpha value is -1.85. The molecule has 178 valence electrons. The number of hydrogen-bond acceptors (Lipinski definition) is 5. The molecule has 0 saturated heterocycles. The van der Waals surface area contributed by atoms with Crippen LogP contribution < -0.4 is 15.4 Å². The van der Waals surface area contributed by atoms with Crippen molar-refractivity contribution >= 4 is 39.8 Å². The van der Waals surface area contributed by atoms with Crippen LogP contribution in [0.4, 0.5) is 0 Å². The van der Waals surface area contributed by atoms with Gasteiger partial charge in [-0.05, 0) is 37.6 Å². The van der Waals surface area contributed by atoms with Crippen molar-refractivity contribution in [2.75, 3.05) is 39.2 Å². The van der Waals surface area contributed by atoms with Gasteiger partial charge in [0, 0.05) is 38.8 Å². The van der Waals surface area contributed by atoms with Gasteiger partial charge in [0.2, 0.25) is 0 Å². The second-order valence-electron chi connectivity index (χ2n) is 7.06. The number of nitrogens with zero attached hydrogens (tertiary/aromatic N) is 1. The van der Waals surface area contributed by atoms with E-state index in [4.69, 9.17) is 9.47 Å². The fraction of sp³-hybridized carbons (Fsp3) is 0.435. The van der Waals surface area contributed by atoms with Crippen molar-refractivity contribution < 1.29 is 17.9 Å². The van der Waals surface area contributed by atoms with Crippen molar-refractivity contribution in [1.29, 1.82) is 0 Å². The predicted molar refractivity (Wildman–Crippen MR) is 140 cm³/mol. The minimum absolute atomic E-state index is 0. The van der Waals surface area contributed by atoms with Crippen molar-refractivity contribution in [3.8, 4) is 5.75 Å². The lowest BCUT2D eigenvalue weighted by atomic mass is 10.1. The molecule has 0 aliphatic rings. The van der Waals surface area contributed by atoms with E-state index in [0.29, 0.717) is 37.2 Å². The van der Waals surface area contributed by atoms with E-state index < -0.39 is 9.84 Å². The van der Waals surface area contributed by atoms with Crippen LogP contribution in [0.5, 0.6) is 5.75 Å². The molecule has 2 aromatic carbocycles. The molecule has 0 saturated carbocycles. The number of benzene rings is 2. The maximum atomic E-state index is 12.4. The van der Waals surface area contributed by atoms with E-state index in [0.717, 1.165) is 23.3 Å². The summed E-state index contributed by atoms with van der Waals surface area (Å²) in [6, 6.07) is 14.5. The summed E-state index contributed by atoms with van der Waals surface area (Å²) in [6.07, 6.45) is 0.813. The van der Waals surface area contributed by atoms with Gasteiger partial charge in [0.1, 0.15) is 5.75 Å². The van der Waals surface area contributed by atoms with Crippen LogP contribution in [0.3, 0.4) is 0 Å². The maximum Gasteiger partial charge on any atom is 0.191 e. The second kappa shape index (κ2) is 15.1. The molecule has 2 rings (SSSR count). The van der Waals surface area contributed by atoms with Crippen molar-refractivity contribution in [2.45, 2.75) is 31.7 Å². The van der Waals surface area contributed by atoms with Crippen LogP contribution in [0.15, 0.2) is 58.4 Å². The number of aryl methyl sites for hydroxylation is 1. The molecule has 0 atom stereocenters. The van der Waals surface area contributed by atoms with Gasteiger partial charge in [-0.15, -0.1) is 24.0 Å². The van der Waals surface area contributed by atoms with Crippen LogP contribution in [-0.4, -0.2) is 53.5 Å². The molecule has 0 fully saturated rings. The van der Waals surface area contributed by atoms with Crippen LogP contribution in [0.1, 0.15) is 24.5 Å². The molecule has 2 N–H and O–H groups in total. The Labute approximate surface area is 208 Å². The molecule has 7 nitrogen and oxygen atoms in total. The van der Waals surface area contributed by atoms with Gasteiger partial charge in [-0.2, -0.15) is 0 Å². The number of ether oxygens (including phenoxy) is 2. The zero-order valence-electron chi connectivity index (χ0n) is 19.0. The van der Waals surface area contributed by atoms with E-state index in [9.17, 15) is 8.42 Å². The largest absolute Gasteiger partial charge is 0.493 e. The SMILES string of the molecule is CCNC(=NCc1ccc(C)cc1OCCCOC)NCCS(=O)(=O)c1ccccc1.I. The molecule has 0 amide bonds. The fourth-order valence-corrected chi connectivity index (χ4v) is 4.05. The third kappa shape index (κ3) is 9.74. The highest BCUT2D eigenvalue weighted by atomic mass is 127. The first-order valence-corrected chi connectivity index (χ1v) is 12.1. The highest BCUT2D eigenvalue weighted by Gasteiger charge is 2.13. The van der Waals surface area contributed by atoms with Crippen LogP contribution in [0, 0.1) is 6.92 Å². The van der Waals surface area contributed by atoms with Crippen LogP contribution in [-0.2, 0) is 21.1 Å². The summed E-state index contributed by atoms with van der Waals surface area (Å²) < 4.78 is 35.9. The Bertz CT molecular complexity index is 938. The summed E-state index contributed by atoms with van der Waals surface area (Å²) >= 11 is 0. The Morgan fingerprint density at radius 3 is 2.50 bits per heavy atom. The fourth-order valence-electron chi connectivity index (χ4n) is 2.87. The standard InChI is InChI=1S/C23H33N3O4S.HI/c1-4-24-23(25-13-16-31(27,28)21-9-6-5-7-10-21)26-18-20-12-11-19(2)17-22(20)30-15-8-14-29-3;/h5-7,9-12,17H,4,8,13-16,18H2,1-3H3,(H2,24,25,26);1H. The summed E-state index contributed by atoms with van der Waals surface area (Å²) in [7, 11) is -1.67. The Balaban J connectivity index is 0.00000512. The number of halogens is 1. The van der Waals surface area contributed by atoms with Gasteiger partial charge in [-0.25, -0.2) is 13.4 Å². The molecule has 0 unspecified atom stereocenters. The van der Waals surface area contributed by atoms with Crippen molar-refractivity contribution in [2.24, 2.45) is 4.99 Å². The number of rotatable bonds is 12. The minimum atomic E-state index is -3.34. The smallest absolute Gasteiger partial charge is 0.191 e. The normalized spacial score (nSPS) is 11.5. The zero-order valence-corrected chi connectivity index (χ0v) is 22.1. The molecule has 32 heavy (non-hydrogen) atoms. The molecule has 0 aliphatic carbocycles. The molecule has 0 heterocycles. The molecule has 0 spiro atoms. The molecule has 0 aromatic heterocycles. The Kier molecular flexibility index (Phi) is 13.3. The van der Waals surface area contributed by atoms with Crippen molar-refractivity contribution in [1.82, 2.24) is 10.6 Å². The van der Waals surface area contributed by atoms with Gasteiger partial charge in [0.15, 0.2) is 15.8 Å². The van der Waals surface area contributed by atoms with E-state index in [2.05, 4.69) is 15.6 Å². The van der Waals surface area contributed by atoms with E-state index in [1.54, 1.807) is 37.4 Å². The van der Waals surface area contributed by atoms with Crippen LogP contribution in [0.2, 0.25) is 0 Å². The van der Waals surface area contributed by atoms with Gasteiger partial charge in [0.05, 0.1) is 23.8 Å². The summed E-state index contributed by atoms with van der Waals surface area (Å²) in [6.45, 7) is 6.56. The lowest BCUT2D eigenvalue weighted by Gasteiger charge is -2.14. The average Bonchev–Trinajstić information content (AvgIpc) is 2.76. The lowest BCUT2D eigenvalue weighted by Crippen LogP contribution is -2.39. The first-order valence-electron chi connectivity index (χ1n) is 10.5. The third-order valence-corrected chi connectivity index (χ3v) is 6.22. The van der Waals surface area contributed by atoms with Gasteiger partial charge in [-0.1, -0.05) is 30.3 Å². The first kappa shape index (κ1) is 28.2. The topological polar surface area (TPSA) is 89.0 Å². The summed E-state index contributed by atoms with van der Waals surface area (Å²) in [5.74, 6) is 1.36. The Morgan fingerprint density at radius 1 is 1.06 bits per heavy atom. The monoisotopic (exact) mass is 575 g/mol. The molecule has 0 radical (unpaired) electrons. The maximum absolute atomic E-state index is 12.4. The van der Waals surface area contributed by atoms with E-state index in [-0.39, 0.29) is 36.3 Å². The van der Waals surface area contributed by atoms with Gasteiger partial charge < -0.3 is 20.1 Å². The van der Waals surface area contributed by atoms with Crippen LogP contribution >= 0.6 is 24.0 Å². The van der Waals surface area contributed by atoms with E-state index >= 15 is 0 Å². The Morgan fingerprint density at radius 2 is 1.81 bits per heavy atom. The lowest BCUT2D eigenvalue weighted by molar-refractivity contribution is 0.172. The molecule has 2 aromatic rings. The minimum Gasteiger partial charge on any atom is -0.493 e. The van der Waals surface area contributed by atoms with E-state index in [1.807, 2.05) is 32.0 Å². The number of nitrogens with one attached hydrogen (secondary N) is 2. The van der Waals surface area contributed by atoms with Crippen molar-refractivity contribution in [3.05, 3.63) is 59.7 Å².